The van der Waals surface area contributed by atoms with Crippen LogP contribution >= 0.6 is 11.6 Å². The number of nitrogens with zero attached hydrogens (tertiary/aromatic N) is 1. The summed E-state index contributed by atoms with van der Waals surface area (Å²) in [5.41, 5.74) is 2.01. The Balaban J connectivity index is 2.33. The Morgan fingerprint density at radius 2 is 2.25 bits per heavy atom. The lowest BCUT2D eigenvalue weighted by atomic mass is 10.1. The fourth-order valence-electron chi connectivity index (χ4n) is 1.91. The van der Waals surface area contributed by atoms with Crippen LogP contribution in [0.25, 0.3) is 0 Å². The monoisotopic (exact) mass is 238 g/mol. The van der Waals surface area contributed by atoms with E-state index in [2.05, 4.69) is 5.32 Å². The molecule has 1 amide bonds. The van der Waals surface area contributed by atoms with Crippen LogP contribution in [0, 0.1) is 6.92 Å². The van der Waals surface area contributed by atoms with Gasteiger partial charge in [-0.1, -0.05) is 17.7 Å². The van der Waals surface area contributed by atoms with Gasteiger partial charge in [0.25, 0.3) is 0 Å². The molecular weight excluding hydrogens is 224 g/mol. The van der Waals surface area contributed by atoms with E-state index in [1.165, 1.54) is 0 Å². The van der Waals surface area contributed by atoms with E-state index < -0.39 is 0 Å². The number of anilines is 1. The Bertz CT molecular complexity index is 406. The van der Waals surface area contributed by atoms with Gasteiger partial charge in [0.2, 0.25) is 5.91 Å². The van der Waals surface area contributed by atoms with Gasteiger partial charge in [-0.2, -0.15) is 0 Å². The van der Waals surface area contributed by atoms with Crippen molar-refractivity contribution in [3.8, 4) is 0 Å². The second-order valence-corrected chi connectivity index (χ2v) is 4.44. The molecule has 0 spiro atoms. The maximum Gasteiger partial charge on any atom is 0.240 e. The van der Waals surface area contributed by atoms with Crippen LogP contribution in [0.4, 0.5) is 5.69 Å². The molecule has 0 bridgehead atoms. The van der Waals surface area contributed by atoms with E-state index in [0.29, 0.717) is 11.6 Å². The third-order valence-electron chi connectivity index (χ3n) is 2.77. The van der Waals surface area contributed by atoms with Crippen molar-refractivity contribution in [3.63, 3.8) is 0 Å². The Kier molecular flexibility index (Phi) is 3.46. The average Bonchev–Trinajstić information content (AvgIpc) is 2.47. The van der Waals surface area contributed by atoms with Crippen molar-refractivity contribution in [2.75, 3.05) is 24.5 Å². The third kappa shape index (κ3) is 2.36. The summed E-state index contributed by atoms with van der Waals surface area (Å²) in [6, 6.07) is 5.66. The summed E-state index contributed by atoms with van der Waals surface area (Å²) in [5, 5.41) is 3.78. The zero-order chi connectivity index (χ0) is 11.5. The Hall–Kier alpha value is -1.06. The van der Waals surface area contributed by atoms with Crippen molar-refractivity contribution in [2.24, 2.45) is 0 Å². The lowest BCUT2D eigenvalue weighted by Gasteiger charge is -2.22. The highest BCUT2D eigenvalue weighted by Gasteiger charge is 2.19. The highest BCUT2D eigenvalue weighted by atomic mass is 35.5. The molecule has 1 aliphatic rings. The summed E-state index contributed by atoms with van der Waals surface area (Å²) in [6.07, 6.45) is 0.970. The minimum absolute atomic E-state index is 0.114. The van der Waals surface area contributed by atoms with Crippen LogP contribution in [0.2, 0.25) is 5.02 Å². The first kappa shape index (κ1) is 11.4. The van der Waals surface area contributed by atoms with E-state index in [4.69, 9.17) is 11.6 Å². The number of hydrogen-bond acceptors (Lipinski definition) is 2. The molecule has 1 aromatic rings. The molecule has 0 saturated carbocycles. The summed E-state index contributed by atoms with van der Waals surface area (Å²) in [4.78, 5) is 13.7. The molecule has 2 rings (SSSR count). The molecule has 4 heteroatoms. The van der Waals surface area contributed by atoms with E-state index >= 15 is 0 Å². The minimum atomic E-state index is 0.114. The van der Waals surface area contributed by atoms with Gasteiger partial charge in [0.15, 0.2) is 0 Å². The summed E-state index contributed by atoms with van der Waals surface area (Å²) in [7, 11) is 0. The molecule has 1 heterocycles. The number of halogens is 1. The molecule has 1 aromatic carbocycles. The van der Waals surface area contributed by atoms with E-state index in [1.54, 1.807) is 0 Å². The quantitative estimate of drug-likeness (QED) is 0.812. The van der Waals surface area contributed by atoms with Crippen molar-refractivity contribution in [2.45, 2.75) is 13.3 Å². The highest BCUT2D eigenvalue weighted by molar-refractivity contribution is 6.31. The smallest absolute Gasteiger partial charge is 0.240 e. The molecule has 86 valence electrons. The predicted octanol–water partition coefficient (Wildman–Crippen LogP) is 1.97. The zero-order valence-electron chi connectivity index (χ0n) is 9.29. The second kappa shape index (κ2) is 4.85. The first-order valence-electron chi connectivity index (χ1n) is 5.46. The number of nitrogens with one attached hydrogen (secondary N) is 1. The fraction of sp³-hybridized carbons (Fsp3) is 0.417. The maximum absolute atomic E-state index is 11.9. The van der Waals surface area contributed by atoms with Gasteiger partial charge in [-0.15, -0.1) is 0 Å². The molecule has 3 nitrogen and oxygen atoms in total. The SMILES string of the molecule is Cc1ccc(Cl)cc1N1CCCNCC1=O. The van der Waals surface area contributed by atoms with E-state index in [1.807, 2.05) is 30.0 Å². The molecule has 0 atom stereocenters. The molecule has 0 radical (unpaired) electrons. The van der Waals surface area contributed by atoms with Gasteiger partial charge < -0.3 is 10.2 Å². The molecule has 0 aromatic heterocycles. The van der Waals surface area contributed by atoms with E-state index in [9.17, 15) is 4.79 Å². The largest absolute Gasteiger partial charge is 0.311 e. The van der Waals surface area contributed by atoms with Crippen LogP contribution in [-0.4, -0.2) is 25.5 Å². The van der Waals surface area contributed by atoms with Gasteiger partial charge >= 0.3 is 0 Å². The molecule has 1 saturated heterocycles. The highest BCUT2D eigenvalue weighted by Crippen LogP contribution is 2.25. The molecule has 1 N–H and O–H groups in total. The van der Waals surface area contributed by atoms with E-state index in [0.717, 1.165) is 30.8 Å². The molecular formula is C12H15ClN2O. The van der Waals surface area contributed by atoms with Crippen molar-refractivity contribution >= 4 is 23.2 Å². The summed E-state index contributed by atoms with van der Waals surface area (Å²) >= 11 is 5.97. The van der Waals surface area contributed by atoms with Crippen LogP contribution < -0.4 is 10.2 Å². The summed E-state index contributed by atoms with van der Waals surface area (Å²) < 4.78 is 0. The van der Waals surface area contributed by atoms with Crippen LogP contribution in [0.3, 0.4) is 0 Å². The summed E-state index contributed by atoms with van der Waals surface area (Å²) in [5.74, 6) is 0.114. The second-order valence-electron chi connectivity index (χ2n) is 4.01. The lowest BCUT2D eigenvalue weighted by Crippen LogP contribution is -2.35. The number of benzene rings is 1. The number of amides is 1. The topological polar surface area (TPSA) is 32.3 Å². The first-order chi connectivity index (χ1) is 7.68. The Morgan fingerprint density at radius 1 is 1.44 bits per heavy atom. The summed E-state index contributed by atoms with van der Waals surface area (Å²) in [6.45, 7) is 4.05. The van der Waals surface area contributed by atoms with E-state index in [-0.39, 0.29) is 5.91 Å². The van der Waals surface area contributed by atoms with Crippen molar-refractivity contribution < 1.29 is 4.79 Å². The molecule has 1 aliphatic heterocycles. The van der Waals surface area contributed by atoms with Crippen LogP contribution in [0.15, 0.2) is 18.2 Å². The molecule has 0 aliphatic carbocycles. The average molecular weight is 239 g/mol. The van der Waals surface area contributed by atoms with Gasteiger partial charge in [0.1, 0.15) is 0 Å². The Morgan fingerprint density at radius 3 is 3.06 bits per heavy atom. The van der Waals surface area contributed by atoms with Crippen molar-refractivity contribution in [1.29, 1.82) is 0 Å². The standard InChI is InChI=1S/C12H15ClN2O/c1-9-3-4-10(13)7-11(9)15-6-2-5-14-8-12(15)16/h3-4,7,14H,2,5-6,8H2,1H3. The van der Waals surface area contributed by atoms with Crippen molar-refractivity contribution in [1.82, 2.24) is 5.32 Å². The molecule has 1 fully saturated rings. The van der Waals surface area contributed by atoms with Crippen LogP contribution in [0.5, 0.6) is 0 Å². The first-order valence-corrected chi connectivity index (χ1v) is 5.83. The van der Waals surface area contributed by atoms with Gasteiger partial charge in [-0.3, -0.25) is 4.79 Å². The number of carbonyl (C=O) groups excluding carboxylic acids is 1. The zero-order valence-corrected chi connectivity index (χ0v) is 10.0. The number of aryl methyl sites for hydroxylation is 1. The normalized spacial score (nSPS) is 17.4. The van der Waals surface area contributed by atoms with Gasteiger partial charge in [0, 0.05) is 17.3 Å². The van der Waals surface area contributed by atoms with Crippen LogP contribution in [0.1, 0.15) is 12.0 Å². The maximum atomic E-state index is 11.9. The third-order valence-corrected chi connectivity index (χ3v) is 3.01. The van der Waals surface area contributed by atoms with Gasteiger partial charge in [-0.05, 0) is 37.6 Å². The minimum Gasteiger partial charge on any atom is -0.311 e. The molecule has 0 unspecified atom stereocenters. The van der Waals surface area contributed by atoms with Crippen molar-refractivity contribution in [3.05, 3.63) is 28.8 Å². The Labute approximate surface area is 100 Å². The van der Waals surface area contributed by atoms with Crippen LogP contribution in [-0.2, 0) is 4.79 Å². The lowest BCUT2D eigenvalue weighted by molar-refractivity contribution is -0.117. The molecule has 16 heavy (non-hydrogen) atoms. The van der Waals surface area contributed by atoms with Gasteiger partial charge in [-0.25, -0.2) is 0 Å². The fourth-order valence-corrected chi connectivity index (χ4v) is 2.07. The number of rotatable bonds is 1. The number of carbonyl (C=O) groups is 1. The predicted molar refractivity (Wildman–Crippen MR) is 66.0 cm³/mol. The number of hydrogen-bond donors (Lipinski definition) is 1. The van der Waals surface area contributed by atoms with Gasteiger partial charge in [0.05, 0.1) is 6.54 Å².